The summed E-state index contributed by atoms with van der Waals surface area (Å²) < 4.78 is 8.84. The molecule has 0 saturated heterocycles. The summed E-state index contributed by atoms with van der Waals surface area (Å²) in [5, 5.41) is 19.1. The molecule has 0 aliphatic heterocycles. The van der Waals surface area contributed by atoms with Gasteiger partial charge in [0, 0.05) is 16.9 Å². The number of ether oxygens (including phenoxy) is 1. The molecule has 158 valence electrons. The van der Waals surface area contributed by atoms with Gasteiger partial charge in [0.25, 0.3) is 0 Å². The fraction of sp³-hybridized carbons (Fsp3) is 0.227. The normalized spacial score (nSPS) is 10.8. The molecule has 2 aromatic heterocycles. The lowest BCUT2D eigenvalue weighted by atomic mass is 10.1. The van der Waals surface area contributed by atoms with Crippen molar-refractivity contribution >= 4 is 11.6 Å². The molecule has 2 heterocycles. The minimum absolute atomic E-state index is 0.136. The summed E-state index contributed by atoms with van der Waals surface area (Å²) in [6, 6.07) is 15.2. The standard InChI is InChI=1S/C22H23N7O2/c1-14-19(15(2)28(25-14)18-8-6-5-7-9-18)13-22(30)23-17-10-11-21(31-4)20(12-17)29-16(3)24-26-27-29/h5-12H,13H2,1-4H3,(H,23,30). The van der Waals surface area contributed by atoms with Crippen molar-refractivity contribution in [1.82, 2.24) is 30.0 Å². The van der Waals surface area contributed by atoms with Gasteiger partial charge >= 0.3 is 0 Å². The van der Waals surface area contributed by atoms with E-state index in [0.717, 1.165) is 22.6 Å². The molecule has 0 radical (unpaired) electrons. The predicted molar refractivity (Wildman–Crippen MR) is 116 cm³/mol. The number of methoxy groups -OCH3 is 1. The highest BCUT2D eigenvalue weighted by Crippen LogP contribution is 2.27. The van der Waals surface area contributed by atoms with E-state index >= 15 is 0 Å². The minimum atomic E-state index is -0.136. The van der Waals surface area contributed by atoms with Gasteiger partial charge in [0.05, 0.1) is 24.9 Å². The molecule has 0 bridgehead atoms. The molecule has 0 saturated carbocycles. The van der Waals surface area contributed by atoms with Crippen molar-refractivity contribution < 1.29 is 9.53 Å². The second-order valence-corrected chi connectivity index (χ2v) is 7.15. The molecule has 4 rings (SSSR count). The summed E-state index contributed by atoms with van der Waals surface area (Å²) in [6.07, 6.45) is 0.218. The van der Waals surface area contributed by atoms with Crippen molar-refractivity contribution in [1.29, 1.82) is 0 Å². The number of nitrogens with zero attached hydrogens (tertiary/aromatic N) is 6. The first-order chi connectivity index (χ1) is 15.0. The predicted octanol–water partition coefficient (Wildman–Crippen LogP) is 2.96. The van der Waals surface area contributed by atoms with Gasteiger partial charge in [-0.25, -0.2) is 4.68 Å². The maximum absolute atomic E-state index is 12.8. The molecule has 31 heavy (non-hydrogen) atoms. The number of anilines is 1. The van der Waals surface area contributed by atoms with E-state index in [1.165, 1.54) is 0 Å². The summed E-state index contributed by atoms with van der Waals surface area (Å²) in [6.45, 7) is 5.68. The van der Waals surface area contributed by atoms with Gasteiger partial charge in [-0.2, -0.15) is 9.78 Å². The average Bonchev–Trinajstić information content (AvgIpc) is 3.32. The van der Waals surface area contributed by atoms with Crippen LogP contribution in [0.1, 0.15) is 22.8 Å². The van der Waals surface area contributed by atoms with Crippen LogP contribution in [-0.2, 0) is 11.2 Å². The Bertz CT molecular complexity index is 1230. The maximum atomic E-state index is 12.8. The monoisotopic (exact) mass is 417 g/mol. The summed E-state index contributed by atoms with van der Waals surface area (Å²) in [4.78, 5) is 12.8. The lowest BCUT2D eigenvalue weighted by molar-refractivity contribution is -0.115. The molecule has 2 aromatic carbocycles. The van der Waals surface area contributed by atoms with Crippen molar-refractivity contribution in [2.75, 3.05) is 12.4 Å². The fourth-order valence-corrected chi connectivity index (χ4v) is 3.50. The highest BCUT2D eigenvalue weighted by atomic mass is 16.5. The summed E-state index contributed by atoms with van der Waals surface area (Å²) in [7, 11) is 1.58. The van der Waals surface area contributed by atoms with Crippen molar-refractivity contribution in [2.45, 2.75) is 27.2 Å². The van der Waals surface area contributed by atoms with Crippen molar-refractivity contribution in [2.24, 2.45) is 0 Å². The lowest BCUT2D eigenvalue weighted by Gasteiger charge is -2.12. The molecule has 9 nitrogen and oxygen atoms in total. The van der Waals surface area contributed by atoms with Gasteiger partial charge in [-0.3, -0.25) is 4.79 Å². The Kier molecular flexibility index (Phi) is 5.48. The van der Waals surface area contributed by atoms with Gasteiger partial charge in [-0.1, -0.05) is 18.2 Å². The van der Waals surface area contributed by atoms with Crippen molar-refractivity contribution in [3.05, 3.63) is 71.3 Å². The van der Waals surface area contributed by atoms with Crippen LogP contribution in [0, 0.1) is 20.8 Å². The Morgan fingerprint density at radius 1 is 1.06 bits per heavy atom. The first-order valence-corrected chi connectivity index (χ1v) is 9.81. The molecule has 1 amide bonds. The van der Waals surface area contributed by atoms with Crippen LogP contribution in [-0.4, -0.2) is 43.0 Å². The molecule has 0 atom stereocenters. The first kappa shape index (κ1) is 20.3. The Labute approximate surface area is 179 Å². The average molecular weight is 417 g/mol. The first-order valence-electron chi connectivity index (χ1n) is 9.81. The van der Waals surface area contributed by atoms with E-state index in [2.05, 4.69) is 25.9 Å². The van der Waals surface area contributed by atoms with Crippen molar-refractivity contribution in [3.63, 3.8) is 0 Å². The molecule has 9 heteroatoms. The number of hydrogen-bond donors (Lipinski definition) is 1. The number of para-hydroxylation sites is 1. The smallest absolute Gasteiger partial charge is 0.228 e. The zero-order chi connectivity index (χ0) is 22.0. The van der Waals surface area contributed by atoms with E-state index in [1.807, 2.05) is 48.9 Å². The lowest BCUT2D eigenvalue weighted by Crippen LogP contribution is -2.16. The summed E-state index contributed by atoms with van der Waals surface area (Å²) in [5.74, 6) is 1.08. The number of amides is 1. The largest absolute Gasteiger partial charge is 0.494 e. The van der Waals surface area contributed by atoms with Gasteiger partial charge < -0.3 is 10.1 Å². The number of aryl methyl sites for hydroxylation is 2. The van der Waals surface area contributed by atoms with E-state index in [4.69, 9.17) is 4.74 Å². The van der Waals surface area contributed by atoms with Crippen LogP contribution < -0.4 is 10.1 Å². The van der Waals surface area contributed by atoms with E-state index in [-0.39, 0.29) is 12.3 Å². The topological polar surface area (TPSA) is 99.8 Å². The van der Waals surface area contributed by atoms with Gasteiger partial charge in [0.1, 0.15) is 11.4 Å². The zero-order valence-corrected chi connectivity index (χ0v) is 17.8. The number of carbonyl (C=O) groups excluding carboxylic acids is 1. The third-order valence-electron chi connectivity index (χ3n) is 5.10. The molecule has 0 aliphatic rings. The Morgan fingerprint density at radius 2 is 1.84 bits per heavy atom. The number of benzene rings is 2. The molecule has 0 aliphatic carbocycles. The van der Waals surface area contributed by atoms with E-state index in [1.54, 1.807) is 36.9 Å². The second-order valence-electron chi connectivity index (χ2n) is 7.15. The Hall–Kier alpha value is -4.01. The number of rotatable bonds is 6. The number of carbonyl (C=O) groups is 1. The molecule has 1 N–H and O–H groups in total. The second kappa shape index (κ2) is 8.39. The third-order valence-corrected chi connectivity index (χ3v) is 5.10. The van der Waals surface area contributed by atoms with Gasteiger partial charge in [0.15, 0.2) is 5.82 Å². The van der Waals surface area contributed by atoms with E-state index < -0.39 is 0 Å². The molecular weight excluding hydrogens is 394 g/mol. The molecule has 0 unspecified atom stereocenters. The number of aromatic nitrogens is 6. The van der Waals surface area contributed by atoms with Crippen LogP contribution in [0.2, 0.25) is 0 Å². The Morgan fingerprint density at radius 3 is 2.52 bits per heavy atom. The van der Waals surface area contributed by atoms with E-state index in [9.17, 15) is 4.79 Å². The molecule has 4 aromatic rings. The van der Waals surface area contributed by atoms with Crippen LogP contribution in [0.4, 0.5) is 5.69 Å². The fourth-order valence-electron chi connectivity index (χ4n) is 3.50. The molecular formula is C22H23N7O2. The Balaban J connectivity index is 1.56. The third kappa shape index (κ3) is 4.02. The van der Waals surface area contributed by atoms with Gasteiger partial charge in [-0.15, -0.1) is 5.10 Å². The quantitative estimate of drug-likeness (QED) is 0.518. The highest BCUT2D eigenvalue weighted by Gasteiger charge is 2.17. The summed E-state index contributed by atoms with van der Waals surface area (Å²) >= 11 is 0. The van der Waals surface area contributed by atoms with Crippen LogP contribution in [0.15, 0.2) is 48.5 Å². The number of tetrazole rings is 1. The van der Waals surface area contributed by atoms with Gasteiger partial charge in [-0.05, 0) is 61.5 Å². The van der Waals surface area contributed by atoms with Gasteiger partial charge in [0.2, 0.25) is 5.91 Å². The van der Waals surface area contributed by atoms with Crippen LogP contribution in [0.3, 0.4) is 0 Å². The molecule has 0 spiro atoms. The van der Waals surface area contributed by atoms with Crippen molar-refractivity contribution in [3.8, 4) is 17.1 Å². The zero-order valence-electron chi connectivity index (χ0n) is 17.8. The minimum Gasteiger partial charge on any atom is -0.494 e. The highest BCUT2D eigenvalue weighted by molar-refractivity contribution is 5.93. The van der Waals surface area contributed by atoms with E-state index in [0.29, 0.717) is 22.9 Å². The number of nitrogens with one attached hydrogen (secondary N) is 1. The molecule has 0 fully saturated rings. The van der Waals surface area contributed by atoms with Crippen LogP contribution >= 0.6 is 0 Å². The number of hydrogen-bond acceptors (Lipinski definition) is 6. The maximum Gasteiger partial charge on any atom is 0.228 e. The summed E-state index contributed by atoms with van der Waals surface area (Å²) in [5.41, 5.74) is 4.92. The van der Waals surface area contributed by atoms with Crippen LogP contribution in [0.25, 0.3) is 11.4 Å². The SMILES string of the molecule is COc1ccc(NC(=O)Cc2c(C)nn(-c3ccccc3)c2C)cc1-n1nnnc1C. The van der Waals surface area contributed by atoms with Crippen LogP contribution in [0.5, 0.6) is 5.75 Å².